The van der Waals surface area contributed by atoms with Gasteiger partial charge in [-0.25, -0.2) is 9.18 Å². The van der Waals surface area contributed by atoms with Crippen molar-refractivity contribution in [1.29, 1.82) is 0 Å². The molecular formula is C20H28F4O2. The maximum Gasteiger partial charge on any atom is 0.416 e. The van der Waals surface area contributed by atoms with E-state index in [1.54, 1.807) is 0 Å². The summed E-state index contributed by atoms with van der Waals surface area (Å²) in [5, 5.41) is 0. The predicted octanol–water partition coefficient (Wildman–Crippen LogP) is 6.92. The molecule has 1 atom stereocenters. The number of alkyl halides is 3. The van der Waals surface area contributed by atoms with Gasteiger partial charge in [0.1, 0.15) is 11.9 Å². The Balaban J connectivity index is 2.80. The number of halogens is 4. The summed E-state index contributed by atoms with van der Waals surface area (Å²) in [6.45, 7) is 4.15. The SMILES string of the molecule is CCCCCCC(CCCCC)OC(=O)c1cc(C(F)(F)F)ccc1F. The van der Waals surface area contributed by atoms with Crippen molar-refractivity contribution in [2.45, 2.75) is 83.9 Å². The van der Waals surface area contributed by atoms with Crippen LogP contribution in [0.1, 0.15) is 87.6 Å². The maximum absolute atomic E-state index is 13.8. The number of esters is 1. The van der Waals surface area contributed by atoms with Crippen molar-refractivity contribution in [3.63, 3.8) is 0 Å². The van der Waals surface area contributed by atoms with Crippen molar-refractivity contribution >= 4 is 5.97 Å². The fourth-order valence-electron chi connectivity index (χ4n) is 2.76. The normalized spacial score (nSPS) is 12.8. The van der Waals surface area contributed by atoms with Gasteiger partial charge in [-0.05, 0) is 43.9 Å². The Kier molecular flexibility index (Phi) is 9.66. The average Bonchev–Trinajstić information content (AvgIpc) is 2.57. The topological polar surface area (TPSA) is 26.3 Å². The van der Waals surface area contributed by atoms with Crippen molar-refractivity contribution < 1.29 is 27.1 Å². The molecule has 0 N–H and O–H groups in total. The summed E-state index contributed by atoms with van der Waals surface area (Å²) in [5.74, 6) is -2.02. The second kappa shape index (κ2) is 11.2. The van der Waals surface area contributed by atoms with Crippen LogP contribution in [0.25, 0.3) is 0 Å². The first-order valence-electron chi connectivity index (χ1n) is 9.37. The molecule has 1 aromatic rings. The molecule has 0 saturated carbocycles. The van der Waals surface area contributed by atoms with Gasteiger partial charge in [-0.15, -0.1) is 0 Å². The predicted molar refractivity (Wildman–Crippen MR) is 93.5 cm³/mol. The monoisotopic (exact) mass is 376 g/mol. The summed E-state index contributed by atoms with van der Waals surface area (Å²) >= 11 is 0. The third-order valence-corrected chi connectivity index (χ3v) is 4.30. The van der Waals surface area contributed by atoms with E-state index >= 15 is 0 Å². The van der Waals surface area contributed by atoms with E-state index in [2.05, 4.69) is 13.8 Å². The Labute approximate surface area is 152 Å². The summed E-state index contributed by atoms with van der Waals surface area (Å²) in [6, 6.07) is 1.81. The van der Waals surface area contributed by atoms with Crippen molar-refractivity contribution in [2.24, 2.45) is 0 Å². The third-order valence-electron chi connectivity index (χ3n) is 4.30. The van der Waals surface area contributed by atoms with E-state index < -0.39 is 29.1 Å². The maximum atomic E-state index is 13.8. The number of carbonyl (C=O) groups is 1. The number of unbranched alkanes of at least 4 members (excludes halogenated alkanes) is 5. The van der Waals surface area contributed by atoms with Crippen LogP contribution in [0.5, 0.6) is 0 Å². The highest BCUT2D eigenvalue weighted by atomic mass is 19.4. The van der Waals surface area contributed by atoms with Gasteiger partial charge in [0.25, 0.3) is 0 Å². The lowest BCUT2D eigenvalue weighted by atomic mass is 10.0. The smallest absolute Gasteiger partial charge is 0.416 e. The molecule has 0 heterocycles. The zero-order valence-electron chi connectivity index (χ0n) is 15.5. The molecule has 148 valence electrons. The van der Waals surface area contributed by atoms with Crippen LogP contribution in [0.4, 0.5) is 17.6 Å². The van der Waals surface area contributed by atoms with Crippen LogP contribution in [-0.4, -0.2) is 12.1 Å². The highest BCUT2D eigenvalue weighted by molar-refractivity contribution is 5.90. The van der Waals surface area contributed by atoms with Crippen molar-refractivity contribution in [1.82, 2.24) is 0 Å². The molecule has 0 aromatic heterocycles. The lowest BCUT2D eigenvalue weighted by molar-refractivity contribution is -0.137. The van der Waals surface area contributed by atoms with Gasteiger partial charge in [-0.3, -0.25) is 0 Å². The summed E-state index contributed by atoms with van der Waals surface area (Å²) in [5.41, 5.74) is -1.72. The van der Waals surface area contributed by atoms with Crippen LogP contribution in [0.2, 0.25) is 0 Å². The van der Waals surface area contributed by atoms with E-state index in [9.17, 15) is 22.4 Å². The van der Waals surface area contributed by atoms with Gasteiger partial charge in [-0.2, -0.15) is 13.2 Å². The second-order valence-corrected chi connectivity index (χ2v) is 6.56. The molecule has 1 unspecified atom stereocenters. The highest BCUT2D eigenvalue weighted by Gasteiger charge is 2.32. The Morgan fingerprint density at radius 2 is 1.58 bits per heavy atom. The van der Waals surface area contributed by atoms with Crippen molar-refractivity contribution in [3.8, 4) is 0 Å². The molecule has 0 spiro atoms. The van der Waals surface area contributed by atoms with E-state index in [-0.39, 0.29) is 6.10 Å². The Morgan fingerprint density at radius 1 is 1.00 bits per heavy atom. The standard InChI is InChI=1S/C20H28F4O2/c1-3-5-7-9-11-16(10-8-6-4-2)26-19(25)17-14-15(20(22,23)24)12-13-18(17)21/h12-14,16H,3-11H2,1-2H3. The number of benzene rings is 1. The number of carbonyl (C=O) groups excluding carboxylic acids is 1. The minimum Gasteiger partial charge on any atom is -0.459 e. The van der Waals surface area contributed by atoms with E-state index in [0.29, 0.717) is 31.0 Å². The molecule has 0 aliphatic heterocycles. The van der Waals surface area contributed by atoms with Crippen LogP contribution in [0.3, 0.4) is 0 Å². The van der Waals surface area contributed by atoms with E-state index in [0.717, 1.165) is 44.9 Å². The van der Waals surface area contributed by atoms with Crippen LogP contribution in [0.15, 0.2) is 18.2 Å². The molecule has 2 nitrogen and oxygen atoms in total. The van der Waals surface area contributed by atoms with Gasteiger partial charge in [-0.1, -0.05) is 46.0 Å². The van der Waals surface area contributed by atoms with E-state index in [4.69, 9.17) is 4.74 Å². The molecule has 0 saturated heterocycles. The lowest BCUT2D eigenvalue weighted by Gasteiger charge is -2.18. The molecule has 0 fully saturated rings. The fourth-order valence-corrected chi connectivity index (χ4v) is 2.76. The largest absolute Gasteiger partial charge is 0.459 e. The van der Waals surface area contributed by atoms with Gasteiger partial charge in [0.05, 0.1) is 11.1 Å². The average molecular weight is 376 g/mol. The van der Waals surface area contributed by atoms with Crippen LogP contribution >= 0.6 is 0 Å². The van der Waals surface area contributed by atoms with Crippen LogP contribution in [-0.2, 0) is 10.9 Å². The zero-order chi connectivity index (χ0) is 19.6. The number of rotatable bonds is 11. The van der Waals surface area contributed by atoms with Crippen LogP contribution < -0.4 is 0 Å². The second-order valence-electron chi connectivity index (χ2n) is 6.56. The Morgan fingerprint density at radius 3 is 2.15 bits per heavy atom. The minimum atomic E-state index is -4.64. The molecule has 1 aromatic carbocycles. The molecule has 0 radical (unpaired) electrons. The lowest BCUT2D eigenvalue weighted by Crippen LogP contribution is -2.20. The first-order chi connectivity index (χ1) is 12.3. The van der Waals surface area contributed by atoms with E-state index in [1.807, 2.05) is 0 Å². The number of hydrogen-bond donors (Lipinski definition) is 0. The number of hydrogen-bond acceptors (Lipinski definition) is 2. The highest BCUT2D eigenvalue weighted by Crippen LogP contribution is 2.30. The first-order valence-corrected chi connectivity index (χ1v) is 9.37. The summed E-state index contributed by atoms with van der Waals surface area (Å²) in [6.07, 6.45) is 3.19. The minimum absolute atomic E-state index is 0.389. The number of ether oxygens (including phenoxy) is 1. The van der Waals surface area contributed by atoms with Crippen LogP contribution in [0, 0.1) is 5.82 Å². The molecule has 0 aliphatic carbocycles. The van der Waals surface area contributed by atoms with Crippen molar-refractivity contribution in [3.05, 3.63) is 35.1 Å². The molecule has 0 bridgehead atoms. The van der Waals surface area contributed by atoms with E-state index in [1.165, 1.54) is 0 Å². The Bertz CT molecular complexity index is 555. The first kappa shape index (κ1) is 22.5. The molecule has 0 aliphatic rings. The third kappa shape index (κ3) is 7.75. The molecule has 0 amide bonds. The zero-order valence-corrected chi connectivity index (χ0v) is 15.5. The molecule has 26 heavy (non-hydrogen) atoms. The van der Waals surface area contributed by atoms with Gasteiger partial charge >= 0.3 is 12.1 Å². The summed E-state index contributed by atoms with van der Waals surface area (Å²) in [4.78, 5) is 12.2. The molecule has 6 heteroatoms. The van der Waals surface area contributed by atoms with Crippen molar-refractivity contribution in [2.75, 3.05) is 0 Å². The van der Waals surface area contributed by atoms with Gasteiger partial charge < -0.3 is 4.74 Å². The summed E-state index contributed by atoms with van der Waals surface area (Å²) < 4.78 is 57.6. The quantitative estimate of drug-likeness (QED) is 0.238. The Hall–Kier alpha value is -1.59. The summed E-state index contributed by atoms with van der Waals surface area (Å²) in [7, 11) is 0. The molecular weight excluding hydrogens is 348 g/mol. The fraction of sp³-hybridized carbons (Fsp3) is 0.650. The van der Waals surface area contributed by atoms with Gasteiger partial charge in [0, 0.05) is 0 Å². The van der Waals surface area contributed by atoms with Gasteiger partial charge in [0.15, 0.2) is 0 Å². The molecule has 1 rings (SSSR count). The van der Waals surface area contributed by atoms with Gasteiger partial charge in [0.2, 0.25) is 0 Å².